The summed E-state index contributed by atoms with van der Waals surface area (Å²) in [5, 5.41) is 3.63. The Morgan fingerprint density at radius 3 is 2.90 bits per heavy atom. The molecule has 0 radical (unpaired) electrons. The van der Waals surface area contributed by atoms with Gasteiger partial charge in [-0.3, -0.25) is 4.90 Å². The highest BCUT2D eigenvalue weighted by Crippen LogP contribution is 2.17. The summed E-state index contributed by atoms with van der Waals surface area (Å²) < 4.78 is 5.73. The Morgan fingerprint density at radius 2 is 2.20 bits per heavy atom. The molecule has 0 amide bonds. The molecule has 0 aromatic heterocycles. The quantitative estimate of drug-likeness (QED) is 0.732. The summed E-state index contributed by atoms with van der Waals surface area (Å²) in [6.45, 7) is 11.4. The van der Waals surface area contributed by atoms with Gasteiger partial charge < -0.3 is 15.0 Å². The lowest BCUT2D eigenvalue weighted by atomic mass is 10.1. The van der Waals surface area contributed by atoms with E-state index in [-0.39, 0.29) is 0 Å². The SMILES string of the molecule is CCN1CCCC1CN(C)CCNC(C)C1CCCO1. The van der Waals surface area contributed by atoms with Crippen LogP contribution in [-0.2, 0) is 4.74 Å². The molecule has 2 rings (SSSR count). The van der Waals surface area contributed by atoms with Gasteiger partial charge in [-0.25, -0.2) is 0 Å². The van der Waals surface area contributed by atoms with Crippen LogP contribution >= 0.6 is 0 Å². The van der Waals surface area contributed by atoms with Gasteiger partial charge in [0.15, 0.2) is 0 Å². The Bertz CT molecular complexity index is 268. The molecule has 0 aliphatic carbocycles. The number of hydrogen-bond donors (Lipinski definition) is 1. The van der Waals surface area contributed by atoms with Crippen LogP contribution in [0.4, 0.5) is 0 Å². The standard InChI is InChI=1S/C16H33N3O/c1-4-19-10-5-7-15(19)13-18(3)11-9-17-14(2)16-8-6-12-20-16/h14-17H,4-13H2,1-3H3. The fourth-order valence-electron chi connectivity index (χ4n) is 3.58. The molecular weight excluding hydrogens is 250 g/mol. The fraction of sp³-hybridized carbons (Fsp3) is 1.00. The molecule has 1 N–H and O–H groups in total. The van der Waals surface area contributed by atoms with E-state index in [1.165, 1.54) is 45.3 Å². The van der Waals surface area contributed by atoms with Gasteiger partial charge in [0, 0.05) is 38.3 Å². The fourth-order valence-corrected chi connectivity index (χ4v) is 3.58. The van der Waals surface area contributed by atoms with Gasteiger partial charge in [0.05, 0.1) is 6.10 Å². The van der Waals surface area contributed by atoms with Gasteiger partial charge in [-0.05, 0) is 52.7 Å². The van der Waals surface area contributed by atoms with Gasteiger partial charge in [-0.1, -0.05) is 6.92 Å². The maximum Gasteiger partial charge on any atom is 0.0726 e. The number of nitrogens with zero attached hydrogens (tertiary/aromatic N) is 2. The Kier molecular flexibility index (Phi) is 6.75. The van der Waals surface area contributed by atoms with Gasteiger partial charge >= 0.3 is 0 Å². The van der Waals surface area contributed by atoms with E-state index in [9.17, 15) is 0 Å². The highest BCUT2D eigenvalue weighted by Gasteiger charge is 2.24. The Balaban J connectivity index is 1.58. The summed E-state index contributed by atoms with van der Waals surface area (Å²) in [6.07, 6.45) is 5.63. The molecule has 2 heterocycles. The number of hydrogen-bond acceptors (Lipinski definition) is 4. The Hall–Kier alpha value is -0.160. The molecule has 2 aliphatic rings. The molecule has 0 aromatic carbocycles. The lowest BCUT2D eigenvalue weighted by Gasteiger charge is -2.28. The highest BCUT2D eigenvalue weighted by atomic mass is 16.5. The van der Waals surface area contributed by atoms with Crippen molar-refractivity contribution in [2.45, 2.75) is 57.7 Å². The van der Waals surface area contributed by atoms with E-state index in [1.807, 2.05) is 0 Å². The van der Waals surface area contributed by atoms with Gasteiger partial charge in [0.2, 0.25) is 0 Å². The van der Waals surface area contributed by atoms with Crippen LogP contribution in [0.5, 0.6) is 0 Å². The molecule has 2 fully saturated rings. The molecule has 2 saturated heterocycles. The zero-order chi connectivity index (χ0) is 14.4. The lowest BCUT2D eigenvalue weighted by Crippen LogP contribution is -2.43. The molecule has 3 unspecified atom stereocenters. The Morgan fingerprint density at radius 1 is 1.35 bits per heavy atom. The van der Waals surface area contributed by atoms with Crippen LogP contribution in [0.25, 0.3) is 0 Å². The molecule has 3 atom stereocenters. The van der Waals surface area contributed by atoms with Crippen molar-refractivity contribution in [1.82, 2.24) is 15.1 Å². The first kappa shape index (κ1) is 16.2. The van der Waals surface area contributed by atoms with E-state index in [2.05, 4.69) is 36.0 Å². The zero-order valence-corrected chi connectivity index (χ0v) is 13.6. The monoisotopic (exact) mass is 283 g/mol. The predicted octanol–water partition coefficient (Wildman–Crippen LogP) is 1.56. The van der Waals surface area contributed by atoms with Crippen LogP contribution < -0.4 is 5.32 Å². The van der Waals surface area contributed by atoms with Crippen molar-refractivity contribution >= 4 is 0 Å². The first-order chi connectivity index (χ1) is 9.70. The largest absolute Gasteiger partial charge is 0.377 e. The van der Waals surface area contributed by atoms with E-state index in [4.69, 9.17) is 4.74 Å². The number of likely N-dealkylation sites (N-methyl/N-ethyl adjacent to an activating group) is 2. The smallest absolute Gasteiger partial charge is 0.0726 e. The van der Waals surface area contributed by atoms with Gasteiger partial charge in [0.1, 0.15) is 0 Å². The molecule has 2 aliphatic heterocycles. The summed E-state index contributed by atoms with van der Waals surface area (Å²) in [5.74, 6) is 0. The van der Waals surface area contributed by atoms with Crippen molar-refractivity contribution in [3.8, 4) is 0 Å². The van der Waals surface area contributed by atoms with Crippen LogP contribution in [-0.4, -0.2) is 74.4 Å². The van der Waals surface area contributed by atoms with Crippen LogP contribution in [0.1, 0.15) is 39.5 Å². The van der Waals surface area contributed by atoms with Crippen molar-refractivity contribution in [3.63, 3.8) is 0 Å². The minimum absolute atomic E-state index is 0.436. The van der Waals surface area contributed by atoms with E-state index in [1.54, 1.807) is 0 Å². The maximum absolute atomic E-state index is 5.73. The molecule has 20 heavy (non-hydrogen) atoms. The van der Waals surface area contributed by atoms with Crippen LogP contribution in [0, 0.1) is 0 Å². The van der Waals surface area contributed by atoms with Gasteiger partial charge in [0.25, 0.3) is 0 Å². The number of likely N-dealkylation sites (tertiary alicyclic amines) is 1. The summed E-state index contributed by atoms with van der Waals surface area (Å²) >= 11 is 0. The molecule has 0 saturated carbocycles. The minimum atomic E-state index is 0.436. The molecular formula is C16H33N3O. The first-order valence-electron chi connectivity index (χ1n) is 8.48. The maximum atomic E-state index is 5.73. The summed E-state index contributed by atoms with van der Waals surface area (Å²) in [4.78, 5) is 5.10. The predicted molar refractivity (Wildman–Crippen MR) is 84.2 cm³/mol. The van der Waals surface area contributed by atoms with Crippen molar-refractivity contribution < 1.29 is 4.74 Å². The minimum Gasteiger partial charge on any atom is -0.377 e. The van der Waals surface area contributed by atoms with Crippen LogP contribution in [0.2, 0.25) is 0 Å². The number of nitrogens with one attached hydrogen (secondary N) is 1. The van der Waals surface area contributed by atoms with Crippen LogP contribution in [0.15, 0.2) is 0 Å². The highest BCUT2D eigenvalue weighted by molar-refractivity contribution is 4.81. The Labute approximate surface area is 124 Å². The second kappa shape index (κ2) is 8.32. The van der Waals surface area contributed by atoms with E-state index in [0.717, 1.165) is 25.7 Å². The van der Waals surface area contributed by atoms with E-state index in [0.29, 0.717) is 12.1 Å². The number of rotatable bonds is 8. The second-order valence-corrected chi connectivity index (χ2v) is 6.48. The van der Waals surface area contributed by atoms with E-state index >= 15 is 0 Å². The third-order valence-electron chi connectivity index (χ3n) is 4.91. The number of ether oxygens (including phenoxy) is 1. The average Bonchev–Trinajstić information content (AvgIpc) is 3.09. The summed E-state index contributed by atoms with van der Waals surface area (Å²) in [5.41, 5.74) is 0. The van der Waals surface area contributed by atoms with Crippen molar-refractivity contribution in [2.75, 3.05) is 46.4 Å². The molecule has 0 bridgehead atoms. The van der Waals surface area contributed by atoms with E-state index < -0.39 is 0 Å². The zero-order valence-electron chi connectivity index (χ0n) is 13.6. The lowest BCUT2D eigenvalue weighted by molar-refractivity contribution is 0.0826. The third kappa shape index (κ3) is 4.69. The molecule has 118 valence electrons. The third-order valence-corrected chi connectivity index (χ3v) is 4.91. The topological polar surface area (TPSA) is 27.7 Å². The van der Waals surface area contributed by atoms with Crippen molar-refractivity contribution in [3.05, 3.63) is 0 Å². The molecule has 4 heteroatoms. The van der Waals surface area contributed by atoms with Gasteiger partial charge in [-0.15, -0.1) is 0 Å². The molecule has 4 nitrogen and oxygen atoms in total. The van der Waals surface area contributed by atoms with Crippen LogP contribution in [0.3, 0.4) is 0 Å². The van der Waals surface area contributed by atoms with Crippen molar-refractivity contribution in [1.29, 1.82) is 0 Å². The summed E-state index contributed by atoms with van der Waals surface area (Å²) in [6, 6.07) is 1.27. The average molecular weight is 283 g/mol. The molecule has 0 aromatic rings. The first-order valence-corrected chi connectivity index (χ1v) is 8.48. The van der Waals surface area contributed by atoms with Gasteiger partial charge in [-0.2, -0.15) is 0 Å². The second-order valence-electron chi connectivity index (χ2n) is 6.48. The summed E-state index contributed by atoms with van der Waals surface area (Å²) in [7, 11) is 2.25. The molecule has 0 spiro atoms. The normalized spacial score (nSPS) is 29.4. The van der Waals surface area contributed by atoms with Crippen molar-refractivity contribution in [2.24, 2.45) is 0 Å².